The Balaban J connectivity index is 2.26. The number of carbonyl (C=O) groups is 1. The fourth-order valence-corrected chi connectivity index (χ4v) is 2.75. The number of piperidine rings is 1. The van der Waals surface area contributed by atoms with E-state index in [1.54, 1.807) is 11.0 Å². The molecule has 1 aliphatic heterocycles. The molecule has 1 saturated heterocycles. The number of likely N-dealkylation sites (tertiary alicyclic amines) is 1. The predicted octanol–water partition coefficient (Wildman–Crippen LogP) is 2.54. The van der Waals surface area contributed by atoms with Gasteiger partial charge in [0.15, 0.2) is 0 Å². The van der Waals surface area contributed by atoms with Crippen LogP contribution in [0.15, 0.2) is 22.7 Å². The Morgan fingerprint density at radius 1 is 1.50 bits per heavy atom. The molecule has 1 heterocycles. The Morgan fingerprint density at radius 3 is 3.00 bits per heavy atom. The second-order valence-corrected chi connectivity index (χ2v) is 5.36. The summed E-state index contributed by atoms with van der Waals surface area (Å²) < 4.78 is 13.9. The third kappa shape index (κ3) is 2.72. The van der Waals surface area contributed by atoms with Crippen LogP contribution in [0.5, 0.6) is 0 Å². The maximum absolute atomic E-state index is 13.2. The van der Waals surface area contributed by atoms with Crippen LogP contribution in [-0.4, -0.2) is 29.9 Å². The van der Waals surface area contributed by atoms with E-state index < -0.39 is 5.82 Å². The largest absolute Gasteiger partial charge is 0.334 e. The summed E-state index contributed by atoms with van der Waals surface area (Å²) in [6.45, 7) is 1.16. The number of amides is 1. The fourth-order valence-electron chi connectivity index (χ4n) is 2.33. The van der Waals surface area contributed by atoms with Gasteiger partial charge >= 0.3 is 0 Å². The molecule has 1 fully saturated rings. The molecule has 0 aliphatic carbocycles. The lowest BCUT2D eigenvalue weighted by Gasteiger charge is -2.35. The number of halogens is 2. The molecule has 18 heavy (non-hydrogen) atoms. The van der Waals surface area contributed by atoms with E-state index in [-0.39, 0.29) is 11.9 Å². The van der Waals surface area contributed by atoms with E-state index in [0.717, 1.165) is 19.3 Å². The van der Waals surface area contributed by atoms with E-state index in [0.29, 0.717) is 23.1 Å². The van der Waals surface area contributed by atoms with E-state index in [1.807, 2.05) is 0 Å². The molecule has 1 amide bonds. The van der Waals surface area contributed by atoms with Gasteiger partial charge in [0.25, 0.3) is 5.91 Å². The van der Waals surface area contributed by atoms with Crippen LogP contribution in [0.3, 0.4) is 0 Å². The highest BCUT2D eigenvalue weighted by Gasteiger charge is 2.27. The number of nitrogens with two attached hydrogens (primary N) is 1. The average molecular weight is 315 g/mol. The summed E-state index contributed by atoms with van der Waals surface area (Å²) in [7, 11) is 0. The Labute approximate surface area is 114 Å². The zero-order valence-electron chi connectivity index (χ0n) is 10.0. The topological polar surface area (TPSA) is 46.3 Å². The Morgan fingerprint density at radius 2 is 2.28 bits per heavy atom. The molecule has 3 nitrogen and oxygen atoms in total. The van der Waals surface area contributed by atoms with Crippen molar-refractivity contribution in [1.82, 2.24) is 4.90 Å². The molecule has 98 valence electrons. The summed E-state index contributed by atoms with van der Waals surface area (Å²) in [6, 6.07) is 4.23. The number of rotatable bonds is 2. The zero-order chi connectivity index (χ0) is 13.1. The molecule has 0 spiro atoms. The van der Waals surface area contributed by atoms with Crippen molar-refractivity contribution in [2.45, 2.75) is 25.3 Å². The first-order valence-electron chi connectivity index (χ1n) is 6.09. The quantitative estimate of drug-likeness (QED) is 0.912. The number of carbonyl (C=O) groups excluding carboxylic acids is 1. The average Bonchev–Trinajstić information content (AvgIpc) is 2.40. The summed E-state index contributed by atoms with van der Waals surface area (Å²) >= 11 is 3.29. The molecular formula is C13H16BrFN2O. The van der Waals surface area contributed by atoms with Crippen molar-refractivity contribution in [3.63, 3.8) is 0 Å². The lowest BCUT2D eigenvalue weighted by molar-refractivity contribution is 0.0622. The number of hydrogen-bond donors (Lipinski definition) is 1. The molecule has 0 aromatic heterocycles. The van der Waals surface area contributed by atoms with Crippen molar-refractivity contribution >= 4 is 21.8 Å². The summed E-state index contributed by atoms with van der Waals surface area (Å²) in [5, 5.41) is 0. The molecule has 1 aliphatic rings. The highest BCUT2D eigenvalue weighted by Crippen LogP contribution is 2.24. The smallest absolute Gasteiger partial charge is 0.255 e. The maximum atomic E-state index is 13.2. The van der Waals surface area contributed by atoms with Gasteiger partial charge < -0.3 is 10.6 Å². The Hall–Kier alpha value is -0.940. The predicted molar refractivity (Wildman–Crippen MR) is 71.8 cm³/mol. The van der Waals surface area contributed by atoms with E-state index in [2.05, 4.69) is 15.9 Å². The normalized spacial score (nSPS) is 19.9. The second-order valence-electron chi connectivity index (χ2n) is 4.51. The van der Waals surface area contributed by atoms with Crippen LogP contribution in [0.1, 0.15) is 29.6 Å². The molecule has 5 heteroatoms. The van der Waals surface area contributed by atoms with Crippen molar-refractivity contribution in [1.29, 1.82) is 0 Å². The first-order chi connectivity index (χ1) is 8.63. The van der Waals surface area contributed by atoms with Gasteiger partial charge in [-0.3, -0.25) is 4.79 Å². The minimum absolute atomic E-state index is 0.0708. The molecule has 0 radical (unpaired) electrons. The number of nitrogens with zero attached hydrogens (tertiary/aromatic N) is 1. The lowest BCUT2D eigenvalue weighted by atomic mass is 10.0. The van der Waals surface area contributed by atoms with Crippen LogP contribution in [0, 0.1) is 5.82 Å². The monoisotopic (exact) mass is 314 g/mol. The highest BCUT2D eigenvalue weighted by molar-refractivity contribution is 9.10. The van der Waals surface area contributed by atoms with Crippen LogP contribution < -0.4 is 5.73 Å². The van der Waals surface area contributed by atoms with Gasteiger partial charge in [-0.05, 0) is 53.4 Å². The van der Waals surface area contributed by atoms with Gasteiger partial charge in [0.05, 0.1) is 5.56 Å². The fraction of sp³-hybridized carbons (Fsp3) is 0.462. The minimum Gasteiger partial charge on any atom is -0.334 e. The lowest BCUT2D eigenvalue weighted by Crippen LogP contribution is -2.47. The third-order valence-electron chi connectivity index (χ3n) is 3.32. The first kappa shape index (κ1) is 13.5. The molecule has 1 aromatic rings. The van der Waals surface area contributed by atoms with Crippen molar-refractivity contribution < 1.29 is 9.18 Å². The van der Waals surface area contributed by atoms with Gasteiger partial charge in [0.2, 0.25) is 0 Å². The molecule has 0 bridgehead atoms. The van der Waals surface area contributed by atoms with E-state index in [9.17, 15) is 9.18 Å². The standard InChI is InChI=1S/C13H16BrFN2O/c14-12-5-4-9(15)7-11(12)13(18)17-6-2-1-3-10(17)8-16/h4-5,7,10H,1-3,6,8,16H2/t10-/m1/s1. The SMILES string of the molecule is NC[C@H]1CCCCN1C(=O)c1cc(F)ccc1Br. The van der Waals surface area contributed by atoms with Crippen LogP contribution in [-0.2, 0) is 0 Å². The van der Waals surface area contributed by atoms with Crippen molar-refractivity contribution in [2.24, 2.45) is 5.73 Å². The van der Waals surface area contributed by atoms with E-state index in [4.69, 9.17) is 5.73 Å². The summed E-state index contributed by atoms with van der Waals surface area (Å²) in [5.74, 6) is -0.542. The van der Waals surface area contributed by atoms with Gasteiger partial charge in [-0.25, -0.2) is 4.39 Å². The van der Waals surface area contributed by atoms with Gasteiger partial charge in [-0.2, -0.15) is 0 Å². The zero-order valence-corrected chi connectivity index (χ0v) is 11.6. The first-order valence-corrected chi connectivity index (χ1v) is 6.89. The molecule has 1 atom stereocenters. The molecule has 0 saturated carbocycles. The van der Waals surface area contributed by atoms with Gasteiger partial charge in [0, 0.05) is 23.6 Å². The van der Waals surface area contributed by atoms with Crippen LogP contribution in [0.2, 0.25) is 0 Å². The van der Waals surface area contributed by atoms with Crippen molar-refractivity contribution in [3.05, 3.63) is 34.1 Å². The molecule has 2 rings (SSSR count). The van der Waals surface area contributed by atoms with Crippen LogP contribution in [0.4, 0.5) is 4.39 Å². The van der Waals surface area contributed by atoms with Gasteiger partial charge in [-0.1, -0.05) is 0 Å². The summed E-state index contributed by atoms with van der Waals surface area (Å²) in [5.41, 5.74) is 6.07. The second kappa shape index (κ2) is 5.80. The molecular weight excluding hydrogens is 299 g/mol. The molecule has 2 N–H and O–H groups in total. The summed E-state index contributed by atoms with van der Waals surface area (Å²) in [4.78, 5) is 14.2. The maximum Gasteiger partial charge on any atom is 0.255 e. The van der Waals surface area contributed by atoms with Gasteiger partial charge in [0.1, 0.15) is 5.82 Å². The van der Waals surface area contributed by atoms with E-state index in [1.165, 1.54) is 12.1 Å². The highest BCUT2D eigenvalue weighted by atomic mass is 79.9. The third-order valence-corrected chi connectivity index (χ3v) is 4.01. The van der Waals surface area contributed by atoms with E-state index >= 15 is 0 Å². The Bertz CT molecular complexity index is 453. The molecule has 0 unspecified atom stereocenters. The van der Waals surface area contributed by atoms with Gasteiger partial charge in [-0.15, -0.1) is 0 Å². The van der Waals surface area contributed by atoms with Crippen molar-refractivity contribution in [2.75, 3.05) is 13.1 Å². The number of benzene rings is 1. The van der Waals surface area contributed by atoms with Crippen LogP contribution in [0.25, 0.3) is 0 Å². The Kier molecular flexibility index (Phi) is 4.35. The minimum atomic E-state index is -0.400. The van der Waals surface area contributed by atoms with Crippen molar-refractivity contribution in [3.8, 4) is 0 Å². The summed E-state index contributed by atoms with van der Waals surface area (Å²) in [6.07, 6.45) is 3.00. The molecule has 1 aromatic carbocycles. The van der Waals surface area contributed by atoms with Crippen LogP contribution >= 0.6 is 15.9 Å². The number of hydrogen-bond acceptors (Lipinski definition) is 2.